The summed E-state index contributed by atoms with van der Waals surface area (Å²) in [7, 11) is 0. The van der Waals surface area contributed by atoms with E-state index in [1.807, 2.05) is 18.7 Å². The van der Waals surface area contributed by atoms with Gasteiger partial charge < -0.3 is 9.64 Å². The molecular weight excluding hydrogens is 338 g/mol. The van der Waals surface area contributed by atoms with Crippen LogP contribution < -0.4 is 10.3 Å². The number of nitrogens with one attached hydrogen (secondary N) is 1. The number of rotatable bonds is 8. The molecule has 0 spiro atoms. The third kappa shape index (κ3) is 5.50. The molecule has 1 amide bonds. The van der Waals surface area contributed by atoms with E-state index in [2.05, 4.69) is 15.4 Å². The van der Waals surface area contributed by atoms with E-state index < -0.39 is 4.92 Å². The Morgan fingerprint density at radius 2 is 2.08 bits per heavy atom. The van der Waals surface area contributed by atoms with Crippen LogP contribution in [-0.4, -0.2) is 67.9 Å². The van der Waals surface area contributed by atoms with Gasteiger partial charge in [0.25, 0.3) is 11.6 Å². The van der Waals surface area contributed by atoms with Crippen LogP contribution in [0.4, 0.5) is 11.4 Å². The number of hydrazone groups is 1. The van der Waals surface area contributed by atoms with Crippen LogP contribution in [-0.2, 0) is 9.53 Å². The molecule has 142 valence electrons. The minimum absolute atomic E-state index is 0.0120. The molecule has 2 rings (SSSR count). The Hall–Kier alpha value is -2.52. The quantitative estimate of drug-likeness (QED) is 0.423. The highest BCUT2D eigenvalue weighted by Crippen LogP contribution is 2.24. The lowest BCUT2D eigenvalue weighted by molar-refractivity contribution is -0.384. The summed E-state index contributed by atoms with van der Waals surface area (Å²) in [6.45, 7) is 8.47. The summed E-state index contributed by atoms with van der Waals surface area (Å²) >= 11 is 0. The van der Waals surface area contributed by atoms with Gasteiger partial charge in [0, 0.05) is 49.6 Å². The zero-order valence-corrected chi connectivity index (χ0v) is 15.2. The van der Waals surface area contributed by atoms with E-state index >= 15 is 0 Å². The molecule has 1 aliphatic heterocycles. The lowest BCUT2D eigenvalue weighted by atomic mass is 10.1. The van der Waals surface area contributed by atoms with Gasteiger partial charge >= 0.3 is 0 Å². The third-order valence-electron chi connectivity index (χ3n) is 4.19. The van der Waals surface area contributed by atoms with Crippen molar-refractivity contribution in [3.63, 3.8) is 0 Å². The minimum atomic E-state index is -0.444. The lowest BCUT2D eigenvalue weighted by Gasteiger charge is -2.25. The van der Waals surface area contributed by atoms with Crippen LogP contribution in [0.1, 0.15) is 19.4 Å². The fraction of sp³-hybridized carbons (Fsp3) is 0.529. The van der Waals surface area contributed by atoms with Crippen LogP contribution in [0.15, 0.2) is 23.3 Å². The summed E-state index contributed by atoms with van der Waals surface area (Å²) in [4.78, 5) is 26.6. The van der Waals surface area contributed by atoms with Gasteiger partial charge in [0.1, 0.15) is 0 Å². The number of carbonyl (C=O) groups excluding carboxylic acids is 1. The monoisotopic (exact) mass is 363 g/mol. The zero-order valence-electron chi connectivity index (χ0n) is 15.2. The Morgan fingerprint density at radius 1 is 1.38 bits per heavy atom. The van der Waals surface area contributed by atoms with Gasteiger partial charge in [-0.1, -0.05) is 0 Å². The number of anilines is 1. The van der Waals surface area contributed by atoms with Crippen molar-refractivity contribution in [2.45, 2.75) is 13.8 Å². The average molecular weight is 363 g/mol. The molecule has 1 heterocycles. The number of nitrogens with zero attached hydrogens (tertiary/aromatic N) is 4. The zero-order chi connectivity index (χ0) is 18.9. The number of benzene rings is 1. The Kier molecular flexibility index (Phi) is 7.49. The van der Waals surface area contributed by atoms with Gasteiger partial charge in [-0.2, -0.15) is 5.10 Å². The number of non-ortho nitro benzene ring substituents is 1. The topological polar surface area (TPSA) is 100 Å². The van der Waals surface area contributed by atoms with E-state index in [1.54, 1.807) is 6.07 Å². The van der Waals surface area contributed by atoms with Crippen molar-refractivity contribution >= 4 is 23.5 Å². The number of carbonyl (C=O) groups is 1. The molecule has 9 heteroatoms. The van der Waals surface area contributed by atoms with Gasteiger partial charge in [0.2, 0.25) is 0 Å². The van der Waals surface area contributed by atoms with E-state index in [0.29, 0.717) is 31.9 Å². The Labute approximate surface area is 152 Å². The van der Waals surface area contributed by atoms with E-state index in [4.69, 9.17) is 4.74 Å². The maximum Gasteiger partial charge on any atom is 0.270 e. The summed E-state index contributed by atoms with van der Waals surface area (Å²) in [6, 6.07) is 4.65. The third-order valence-corrected chi connectivity index (χ3v) is 4.19. The molecule has 1 aromatic rings. The lowest BCUT2D eigenvalue weighted by Crippen LogP contribution is -2.42. The highest BCUT2D eigenvalue weighted by Gasteiger charge is 2.15. The molecule has 1 aliphatic rings. The fourth-order valence-corrected chi connectivity index (χ4v) is 2.78. The SMILES string of the molecule is CCN(CC)c1ccc([N+](=O)[O-])cc1/C=N/NC(=O)CN1CCOCC1. The van der Waals surface area contributed by atoms with Crippen molar-refractivity contribution < 1.29 is 14.5 Å². The van der Waals surface area contributed by atoms with E-state index in [1.165, 1.54) is 18.3 Å². The van der Waals surface area contributed by atoms with Crippen LogP contribution in [0.5, 0.6) is 0 Å². The molecule has 26 heavy (non-hydrogen) atoms. The number of ether oxygens (including phenoxy) is 1. The number of hydrogen-bond acceptors (Lipinski definition) is 7. The molecule has 9 nitrogen and oxygen atoms in total. The summed E-state index contributed by atoms with van der Waals surface area (Å²) in [6.07, 6.45) is 1.46. The molecular formula is C17H25N5O4. The molecule has 0 saturated carbocycles. The first-order valence-electron chi connectivity index (χ1n) is 8.70. The predicted octanol–water partition coefficient (Wildman–Crippen LogP) is 1.22. The standard InChI is InChI=1S/C17H25N5O4/c1-3-21(4-2)16-6-5-15(22(24)25)11-14(16)12-18-19-17(23)13-20-7-9-26-10-8-20/h5-6,11-12H,3-4,7-10,13H2,1-2H3,(H,19,23)/b18-12+. The van der Waals surface area contributed by atoms with Gasteiger partial charge in [-0.05, 0) is 19.9 Å². The summed E-state index contributed by atoms with van der Waals surface area (Å²) in [5.74, 6) is -0.224. The van der Waals surface area contributed by atoms with Crippen LogP contribution in [0.3, 0.4) is 0 Å². The average Bonchev–Trinajstić information content (AvgIpc) is 2.64. The number of nitro groups is 1. The van der Waals surface area contributed by atoms with E-state index in [9.17, 15) is 14.9 Å². The molecule has 1 aromatic carbocycles. The molecule has 0 aromatic heterocycles. The summed E-state index contributed by atoms with van der Waals surface area (Å²) < 4.78 is 5.24. The second-order valence-corrected chi connectivity index (χ2v) is 5.85. The van der Waals surface area contributed by atoms with Crippen molar-refractivity contribution in [2.75, 3.05) is 50.8 Å². The first-order chi connectivity index (χ1) is 12.5. The van der Waals surface area contributed by atoms with Crippen molar-refractivity contribution in [3.8, 4) is 0 Å². The van der Waals surface area contributed by atoms with Gasteiger partial charge in [-0.3, -0.25) is 19.8 Å². The molecule has 0 bridgehead atoms. The first-order valence-corrected chi connectivity index (χ1v) is 8.70. The Balaban J connectivity index is 2.07. The van der Waals surface area contributed by atoms with Crippen molar-refractivity contribution in [3.05, 3.63) is 33.9 Å². The van der Waals surface area contributed by atoms with Gasteiger partial charge in [-0.15, -0.1) is 0 Å². The maximum atomic E-state index is 12.0. The van der Waals surface area contributed by atoms with Crippen molar-refractivity contribution in [1.82, 2.24) is 10.3 Å². The second-order valence-electron chi connectivity index (χ2n) is 5.85. The van der Waals surface area contributed by atoms with Gasteiger partial charge in [-0.25, -0.2) is 5.43 Å². The van der Waals surface area contributed by atoms with Crippen LogP contribution in [0.25, 0.3) is 0 Å². The van der Waals surface area contributed by atoms with Gasteiger partial charge in [0.05, 0.1) is 30.9 Å². The van der Waals surface area contributed by atoms with E-state index in [0.717, 1.165) is 18.8 Å². The molecule has 0 unspecified atom stereocenters. The number of nitro benzene ring substituents is 1. The molecule has 1 N–H and O–H groups in total. The Bertz CT molecular complexity index is 655. The Morgan fingerprint density at radius 3 is 2.69 bits per heavy atom. The summed E-state index contributed by atoms with van der Waals surface area (Å²) in [5, 5.41) is 15.0. The number of amides is 1. The molecule has 0 radical (unpaired) electrons. The summed E-state index contributed by atoms with van der Waals surface area (Å²) in [5.41, 5.74) is 3.91. The van der Waals surface area contributed by atoms with Gasteiger partial charge in [0.15, 0.2) is 0 Å². The highest BCUT2D eigenvalue weighted by atomic mass is 16.6. The fourth-order valence-electron chi connectivity index (χ4n) is 2.78. The molecule has 1 fully saturated rings. The minimum Gasteiger partial charge on any atom is -0.379 e. The second kappa shape index (κ2) is 9.83. The van der Waals surface area contributed by atoms with Crippen molar-refractivity contribution in [1.29, 1.82) is 0 Å². The van der Waals surface area contributed by atoms with E-state index in [-0.39, 0.29) is 18.1 Å². The highest BCUT2D eigenvalue weighted by molar-refractivity contribution is 5.90. The van der Waals surface area contributed by atoms with Crippen LogP contribution >= 0.6 is 0 Å². The number of morpholine rings is 1. The van der Waals surface area contributed by atoms with Crippen molar-refractivity contribution in [2.24, 2.45) is 5.10 Å². The normalized spacial score (nSPS) is 15.2. The first kappa shape index (κ1) is 19.8. The predicted molar refractivity (Wildman–Crippen MR) is 99.7 cm³/mol. The van der Waals surface area contributed by atoms with Crippen LogP contribution in [0, 0.1) is 10.1 Å². The largest absolute Gasteiger partial charge is 0.379 e. The smallest absolute Gasteiger partial charge is 0.270 e. The maximum absolute atomic E-state index is 12.0. The number of hydrogen-bond donors (Lipinski definition) is 1. The molecule has 1 saturated heterocycles. The molecule has 0 aliphatic carbocycles. The van der Waals surface area contributed by atoms with Crippen LogP contribution in [0.2, 0.25) is 0 Å². The molecule has 0 atom stereocenters.